The monoisotopic (exact) mass is 697 g/mol. The zero-order valence-electron chi connectivity index (χ0n) is 27.0. The standard InChI is InChI=1S/C33H45F2N5O5S.ClH/c1-4-8-28(9-5-2)46(44,45)21-30(32(36)42)40(33(43)25-18-38-39-19-25)29(15-24-13-26(34)16-27(35)14-24)31(41)20-37-17-23-11-7-10-22(6-3)12-23;/h7,10-14,16,18-19,28-31,37,41H,4-6,8-9,15,17,20-21H2,1-3H3,(H2,36,42)(H,38,39);1H/t29-,30?,31+;/m0./s1. The second kappa shape index (κ2) is 18.8. The summed E-state index contributed by atoms with van der Waals surface area (Å²) in [6.45, 7) is 5.98. The zero-order chi connectivity index (χ0) is 33.9. The van der Waals surface area contributed by atoms with E-state index in [4.69, 9.17) is 5.73 Å². The molecule has 47 heavy (non-hydrogen) atoms. The number of rotatable bonds is 19. The molecule has 0 aliphatic rings. The minimum absolute atomic E-state index is 0. The Bertz CT molecular complexity index is 1520. The number of nitrogens with two attached hydrogens (primary N) is 1. The lowest BCUT2D eigenvalue weighted by Crippen LogP contribution is -2.60. The number of aliphatic hydroxyl groups excluding tert-OH is 1. The van der Waals surface area contributed by atoms with Gasteiger partial charge in [0.05, 0.1) is 34.9 Å². The molecule has 260 valence electrons. The summed E-state index contributed by atoms with van der Waals surface area (Å²) in [5, 5.41) is 20.4. The Hall–Kier alpha value is -3.39. The molecule has 3 rings (SSSR count). The molecular weight excluding hydrogens is 652 g/mol. The van der Waals surface area contributed by atoms with E-state index in [0.717, 1.165) is 34.6 Å². The van der Waals surface area contributed by atoms with Gasteiger partial charge in [0.2, 0.25) is 5.91 Å². The van der Waals surface area contributed by atoms with Crippen LogP contribution in [0.4, 0.5) is 8.78 Å². The quantitative estimate of drug-likeness (QED) is 0.147. The molecule has 3 aromatic rings. The lowest BCUT2D eigenvalue weighted by Gasteiger charge is -2.39. The third-order valence-electron chi connectivity index (χ3n) is 8.01. The second-order valence-corrected chi connectivity index (χ2v) is 13.9. The Morgan fingerprint density at radius 3 is 2.21 bits per heavy atom. The molecule has 0 saturated heterocycles. The molecule has 14 heteroatoms. The fraction of sp³-hybridized carbons (Fsp3) is 0.485. The summed E-state index contributed by atoms with van der Waals surface area (Å²) in [7, 11) is -3.98. The highest BCUT2D eigenvalue weighted by atomic mass is 35.5. The van der Waals surface area contributed by atoms with Crippen LogP contribution in [-0.4, -0.2) is 76.2 Å². The Labute approximate surface area is 281 Å². The van der Waals surface area contributed by atoms with Crippen molar-refractivity contribution in [2.24, 2.45) is 5.73 Å². The highest BCUT2D eigenvalue weighted by Gasteiger charge is 2.42. The molecule has 10 nitrogen and oxygen atoms in total. The number of sulfone groups is 1. The highest BCUT2D eigenvalue weighted by molar-refractivity contribution is 7.92. The number of hydrogen-bond donors (Lipinski definition) is 4. The van der Waals surface area contributed by atoms with Crippen LogP contribution < -0.4 is 11.1 Å². The van der Waals surface area contributed by atoms with E-state index >= 15 is 0 Å². The Kier molecular flexibility index (Phi) is 15.9. The first-order chi connectivity index (χ1) is 21.9. The molecule has 1 heterocycles. The number of aromatic amines is 1. The van der Waals surface area contributed by atoms with Crippen molar-refractivity contribution in [2.45, 2.75) is 89.3 Å². The molecule has 5 N–H and O–H groups in total. The van der Waals surface area contributed by atoms with Crippen molar-refractivity contribution in [2.75, 3.05) is 12.3 Å². The fourth-order valence-electron chi connectivity index (χ4n) is 5.69. The van der Waals surface area contributed by atoms with Gasteiger partial charge in [0.25, 0.3) is 5.91 Å². The number of hydrogen-bond acceptors (Lipinski definition) is 7. The summed E-state index contributed by atoms with van der Waals surface area (Å²) >= 11 is 0. The first kappa shape index (κ1) is 39.8. The van der Waals surface area contributed by atoms with Crippen LogP contribution in [0.2, 0.25) is 0 Å². The second-order valence-electron chi connectivity index (χ2n) is 11.6. The number of aromatic nitrogens is 2. The summed E-state index contributed by atoms with van der Waals surface area (Å²) in [5.41, 5.74) is 7.96. The SMILES string of the molecule is CCCC(CCC)S(=O)(=O)CC(C(N)=O)N(C(=O)c1cn[nH]c1)[C@@H](Cc1cc(F)cc(F)c1)[C@H](O)CNCc1cccc(CC)c1.Cl. The topological polar surface area (TPSA) is 158 Å². The van der Waals surface area contributed by atoms with Gasteiger partial charge in [-0.3, -0.25) is 14.7 Å². The molecule has 0 fully saturated rings. The number of primary amides is 1. The van der Waals surface area contributed by atoms with Crippen molar-refractivity contribution in [3.63, 3.8) is 0 Å². The number of carbonyl (C=O) groups is 2. The Balaban J connectivity index is 0.00000768. The Morgan fingerprint density at radius 1 is 1.02 bits per heavy atom. The van der Waals surface area contributed by atoms with Crippen LogP contribution in [0.3, 0.4) is 0 Å². The third-order valence-corrected chi connectivity index (χ3v) is 10.3. The van der Waals surface area contributed by atoms with Gasteiger partial charge < -0.3 is 21.1 Å². The molecule has 0 aliphatic heterocycles. The van der Waals surface area contributed by atoms with Crippen LogP contribution in [0.1, 0.15) is 73.5 Å². The van der Waals surface area contributed by atoms with Gasteiger partial charge in [-0.2, -0.15) is 5.10 Å². The van der Waals surface area contributed by atoms with Gasteiger partial charge in [-0.1, -0.05) is 57.9 Å². The van der Waals surface area contributed by atoms with Crippen LogP contribution in [0.15, 0.2) is 54.9 Å². The lowest BCUT2D eigenvalue weighted by atomic mass is 9.96. The van der Waals surface area contributed by atoms with E-state index in [0.29, 0.717) is 38.3 Å². The summed E-state index contributed by atoms with van der Waals surface area (Å²) in [4.78, 5) is 28.1. The summed E-state index contributed by atoms with van der Waals surface area (Å²) in [6.07, 6.45) is 3.44. The summed E-state index contributed by atoms with van der Waals surface area (Å²) in [6, 6.07) is 7.61. The molecule has 2 amide bonds. The van der Waals surface area contributed by atoms with E-state index in [9.17, 15) is 31.9 Å². The molecule has 0 bridgehead atoms. The van der Waals surface area contributed by atoms with Gasteiger partial charge in [-0.05, 0) is 54.5 Å². The van der Waals surface area contributed by atoms with Gasteiger partial charge in [-0.25, -0.2) is 17.2 Å². The molecule has 1 unspecified atom stereocenters. The summed E-state index contributed by atoms with van der Waals surface area (Å²) < 4.78 is 56.0. The third kappa shape index (κ3) is 11.4. The maximum absolute atomic E-state index is 14.3. The van der Waals surface area contributed by atoms with Gasteiger partial charge in [0, 0.05) is 25.4 Å². The number of aliphatic hydroxyl groups is 1. The maximum Gasteiger partial charge on any atom is 0.258 e. The molecule has 0 aliphatic carbocycles. The van der Waals surface area contributed by atoms with Crippen molar-refractivity contribution in [1.82, 2.24) is 20.4 Å². The number of carbonyl (C=O) groups excluding carboxylic acids is 2. The average Bonchev–Trinajstić information content (AvgIpc) is 3.55. The first-order valence-electron chi connectivity index (χ1n) is 15.6. The molecule has 1 aromatic heterocycles. The van der Waals surface area contributed by atoms with Crippen molar-refractivity contribution < 1.29 is 31.9 Å². The molecular formula is C33H46ClF2N5O5S. The summed E-state index contributed by atoms with van der Waals surface area (Å²) in [5.74, 6) is -4.46. The van der Waals surface area contributed by atoms with E-state index in [1.54, 1.807) is 0 Å². The molecule has 2 aromatic carbocycles. The van der Waals surface area contributed by atoms with E-state index in [2.05, 4.69) is 15.5 Å². The normalized spacial score (nSPS) is 13.5. The van der Waals surface area contributed by atoms with E-state index in [-0.39, 0.29) is 36.5 Å². The molecule has 0 spiro atoms. The van der Waals surface area contributed by atoms with Crippen LogP contribution in [0, 0.1) is 11.6 Å². The largest absolute Gasteiger partial charge is 0.390 e. The highest BCUT2D eigenvalue weighted by Crippen LogP contribution is 2.24. The average molecular weight is 698 g/mol. The van der Waals surface area contributed by atoms with Crippen LogP contribution >= 0.6 is 12.4 Å². The van der Waals surface area contributed by atoms with Gasteiger partial charge in [0.15, 0.2) is 9.84 Å². The van der Waals surface area contributed by atoms with Crippen LogP contribution in [0.5, 0.6) is 0 Å². The van der Waals surface area contributed by atoms with Crippen LogP contribution in [0.25, 0.3) is 0 Å². The van der Waals surface area contributed by atoms with Crippen molar-refractivity contribution in [3.05, 3.63) is 88.7 Å². The smallest absolute Gasteiger partial charge is 0.258 e. The number of nitrogens with zero attached hydrogens (tertiary/aromatic N) is 2. The van der Waals surface area contributed by atoms with E-state index in [1.165, 1.54) is 12.4 Å². The van der Waals surface area contributed by atoms with E-state index < -0.39 is 62.5 Å². The molecule has 0 radical (unpaired) electrons. The molecule has 0 saturated carbocycles. The predicted octanol–water partition coefficient (Wildman–Crippen LogP) is 4.11. The van der Waals surface area contributed by atoms with Crippen molar-refractivity contribution in [3.8, 4) is 0 Å². The van der Waals surface area contributed by atoms with Gasteiger partial charge in [-0.15, -0.1) is 12.4 Å². The maximum atomic E-state index is 14.3. The fourth-order valence-corrected chi connectivity index (χ4v) is 7.92. The number of aryl methyl sites for hydroxylation is 1. The van der Waals surface area contributed by atoms with Crippen LogP contribution in [-0.2, 0) is 34.0 Å². The number of H-pyrrole nitrogens is 1. The predicted molar refractivity (Wildman–Crippen MR) is 180 cm³/mol. The van der Waals surface area contributed by atoms with Crippen molar-refractivity contribution >= 4 is 34.1 Å². The van der Waals surface area contributed by atoms with E-state index in [1.807, 2.05) is 45.0 Å². The van der Waals surface area contributed by atoms with Gasteiger partial charge in [0.1, 0.15) is 17.7 Å². The molecule has 3 atom stereocenters. The minimum atomic E-state index is -3.98. The number of halogens is 3. The number of nitrogens with one attached hydrogen (secondary N) is 2. The first-order valence-corrected chi connectivity index (χ1v) is 17.3. The lowest BCUT2D eigenvalue weighted by molar-refractivity contribution is -0.123. The number of amides is 2. The van der Waals surface area contributed by atoms with Gasteiger partial charge >= 0.3 is 0 Å². The Morgan fingerprint density at radius 2 is 1.66 bits per heavy atom. The van der Waals surface area contributed by atoms with Crippen molar-refractivity contribution in [1.29, 1.82) is 0 Å². The minimum Gasteiger partial charge on any atom is -0.390 e. The zero-order valence-corrected chi connectivity index (χ0v) is 28.6. The number of benzene rings is 2.